The zero-order valence-electron chi connectivity index (χ0n) is 17.2. The first-order valence-electron chi connectivity index (χ1n) is 10.6. The van der Waals surface area contributed by atoms with Crippen molar-refractivity contribution in [3.05, 3.63) is 40.6 Å². The summed E-state index contributed by atoms with van der Waals surface area (Å²) in [5.41, 5.74) is 7.77. The number of nitrogens with zero attached hydrogens (tertiary/aromatic N) is 2. The Morgan fingerprint density at radius 2 is 1.65 bits per heavy atom. The van der Waals surface area contributed by atoms with Crippen LogP contribution in [0.3, 0.4) is 0 Å². The number of phenols is 1. The first-order valence-corrected chi connectivity index (χ1v) is 10.6. The summed E-state index contributed by atoms with van der Waals surface area (Å²) in [6, 6.07) is 8.92. The summed E-state index contributed by atoms with van der Waals surface area (Å²) in [4.78, 5) is 28.8. The van der Waals surface area contributed by atoms with E-state index in [0.717, 1.165) is 24.5 Å². The van der Waals surface area contributed by atoms with Crippen LogP contribution >= 0.6 is 0 Å². The Bertz CT molecular complexity index is 1210. The van der Waals surface area contributed by atoms with Gasteiger partial charge in [-0.15, -0.1) is 0 Å². The fourth-order valence-corrected chi connectivity index (χ4v) is 4.55. The van der Waals surface area contributed by atoms with Gasteiger partial charge in [0.15, 0.2) is 0 Å². The monoisotopic (exact) mass is 423 g/mol. The zero-order chi connectivity index (χ0) is 21.5. The standard InChI is InChI=1S/C23H25N3O5/c24-23(29)14-3-5-25(6-4-14)15-1-2-17-19(12-15)31-20-13-16(26-7-9-30-10-8-26)11-18(27)21(20)22(17)28/h1-2,11-14,27H,3-10H2,(H2,24,29). The molecule has 31 heavy (non-hydrogen) atoms. The summed E-state index contributed by atoms with van der Waals surface area (Å²) in [7, 11) is 0. The van der Waals surface area contributed by atoms with Crippen molar-refractivity contribution >= 4 is 39.2 Å². The van der Waals surface area contributed by atoms with Crippen LogP contribution in [0.1, 0.15) is 12.8 Å². The lowest BCUT2D eigenvalue weighted by Gasteiger charge is -2.32. The topological polar surface area (TPSA) is 109 Å². The molecule has 8 heteroatoms. The van der Waals surface area contributed by atoms with Crippen LogP contribution in [-0.4, -0.2) is 50.4 Å². The minimum atomic E-state index is -0.249. The van der Waals surface area contributed by atoms with E-state index in [9.17, 15) is 14.7 Å². The summed E-state index contributed by atoms with van der Waals surface area (Å²) < 4.78 is 11.5. The predicted molar refractivity (Wildman–Crippen MR) is 119 cm³/mol. The Labute approximate surface area is 178 Å². The van der Waals surface area contributed by atoms with Crippen LogP contribution in [0.25, 0.3) is 21.9 Å². The maximum absolute atomic E-state index is 13.1. The molecule has 2 aliphatic rings. The van der Waals surface area contributed by atoms with E-state index in [-0.39, 0.29) is 28.4 Å². The molecule has 2 aromatic carbocycles. The third-order valence-corrected chi connectivity index (χ3v) is 6.36. The third-order valence-electron chi connectivity index (χ3n) is 6.36. The maximum atomic E-state index is 13.1. The van der Waals surface area contributed by atoms with E-state index < -0.39 is 0 Å². The number of rotatable bonds is 3. The Morgan fingerprint density at radius 3 is 2.35 bits per heavy atom. The van der Waals surface area contributed by atoms with Gasteiger partial charge in [-0.2, -0.15) is 0 Å². The lowest BCUT2D eigenvalue weighted by atomic mass is 9.96. The number of ether oxygens (including phenoxy) is 1. The number of carbonyl (C=O) groups is 1. The number of hydrogen-bond donors (Lipinski definition) is 2. The molecule has 3 N–H and O–H groups in total. The molecule has 2 saturated heterocycles. The largest absolute Gasteiger partial charge is 0.507 e. The summed E-state index contributed by atoms with van der Waals surface area (Å²) in [5.74, 6) is -0.404. The van der Waals surface area contributed by atoms with Crippen LogP contribution in [0.15, 0.2) is 39.5 Å². The summed E-state index contributed by atoms with van der Waals surface area (Å²) in [6.07, 6.45) is 1.43. The molecule has 8 nitrogen and oxygen atoms in total. The van der Waals surface area contributed by atoms with Crippen molar-refractivity contribution in [2.24, 2.45) is 11.7 Å². The van der Waals surface area contributed by atoms with Gasteiger partial charge in [0.2, 0.25) is 11.3 Å². The number of fused-ring (bicyclic) bond motifs is 2. The molecule has 2 fully saturated rings. The van der Waals surface area contributed by atoms with E-state index in [1.807, 2.05) is 18.2 Å². The number of amides is 1. The molecule has 0 unspecified atom stereocenters. The lowest BCUT2D eigenvalue weighted by Crippen LogP contribution is -2.38. The molecule has 0 saturated carbocycles. The van der Waals surface area contributed by atoms with Crippen LogP contribution in [0.2, 0.25) is 0 Å². The highest BCUT2D eigenvalue weighted by atomic mass is 16.5. The van der Waals surface area contributed by atoms with Crippen molar-refractivity contribution in [3.8, 4) is 5.75 Å². The van der Waals surface area contributed by atoms with Crippen molar-refractivity contribution in [3.63, 3.8) is 0 Å². The molecular weight excluding hydrogens is 398 g/mol. The molecule has 1 aromatic heterocycles. The first-order chi connectivity index (χ1) is 15.0. The minimum absolute atomic E-state index is 0.0766. The van der Waals surface area contributed by atoms with Gasteiger partial charge in [-0.3, -0.25) is 9.59 Å². The van der Waals surface area contributed by atoms with Crippen molar-refractivity contribution < 1.29 is 19.1 Å². The predicted octanol–water partition coefficient (Wildman–Crippen LogP) is 2.19. The number of primary amides is 1. The number of carbonyl (C=O) groups excluding carboxylic acids is 1. The van der Waals surface area contributed by atoms with E-state index in [1.54, 1.807) is 12.1 Å². The van der Waals surface area contributed by atoms with Gasteiger partial charge >= 0.3 is 0 Å². The smallest absolute Gasteiger partial charge is 0.220 e. The number of hydrogen-bond acceptors (Lipinski definition) is 7. The molecule has 2 aliphatic heterocycles. The minimum Gasteiger partial charge on any atom is -0.507 e. The number of piperidine rings is 1. The molecule has 0 atom stereocenters. The Morgan fingerprint density at radius 1 is 0.968 bits per heavy atom. The van der Waals surface area contributed by atoms with Gasteiger partial charge in [0.1, 0.15) is 22.3 Å². The fraction of sp³-hybridized carbons (Fsp3) is 0.391. The molecule has 162 valence electrons. The van der Waals surface area contributed by atoms with E-state index in [4.69, 9.17) is 14.9 Å². The molecular formula is C23H25N3O5. The van der Waals surface area contributed by atoms with Gasteiger partial charge in [-0.25, -0.2) is 0 Å². The average molecular weight is 423 g/mol. The Kier molecular flexibility index (Phi) is 4.94. The zero-order valence-corrected chi connectivity index (χ0v) is 17.2. The van der Waals surface area contributed by atoms with E-state index in [1.165, 1.54) is 0 Å². The highest BCUT2D eigenvalue weighted by Gasteiger charge is 2.24. The second kappa shape index (κ2) is 7.77. The average Bonchev–Trinajstić information content (AvgIpc) is 2.79. The molecule has 0 radical (unpaired) electrons. The second-order valence-corrected chi connectivity index (χ2v) is 8.21. The molecule has 3 heterocycles. The number of anilines is 2. The molecule has 0 aliphatic carbocycles. The van der Waals surface area contributed by atoms with Gasteiger partial charge in [-0.05, 0) is 25.0 Å². The molecule has 3 aromatic rings. The Balaban J connectivity index is 1.54. The summed E-state index contributed by atoms with van der Waals surface area (Å²) in [6.45, 7) is 4.12. The SMILES string of the molecule is NC(=O)C1CCN(c2ccc3c(=O)c4c(O)cc(N5CCOCC5)cc4oc3c2)CC1. The summed E-state index contributed by atoms with van der Waals surface area (Å²) in [5, 5.41) is 11.2. The second-order valence-electron chi connectivity index (χ2n) is 8.21. The van der Waals surface area contributed by atoms with Crippen molar-refractivity contribution in [1.82, 2.24) is 0 Å². The van der Waals surface area contributed by atoms with Gasteiger partial charge in [0.05, 0.1) is 18.6 Å². The quantitative estimate of drug-likeness (QED) is 0.622. The highest BCUT2D eigenvalue weighted by molar-refractivity contribution is 5.95. The van der Waals surface area contributed by atoms with Crippen LogP contribution < -0.4 is 21.0 Å². The van der Waals surface area contributed by atoms with Crippen molar-refractivity contribution in [2.75, 3.05) is 49.2 Å². The molecule has 0 bridgehead atoms. The van der Waals surface area contributed by atoms with Crippen LogP contribution in [0.5, 0.6) is 5.75 Å². The fourth-order valence-electron chi connectivity index (χ4n) is 4.55. The first kappa shape index (κ1) is 19.7. The van der Waals surface area contributed by atoms with Crippen LogP contribution in [-0.2, 0) is 9.53 Å². The molecule has 5 rings (SSSR count). The van der Waals surface area contributed by atoms with Gasteiger partial charge in [0.25, 0.3) is 0 Å². The highest BCUT2D eigenvalue weighted by Crippen LogP contribution is 2.33. The molecule has 1 amide bonds. The Hall–Kier alpha value is -3.26. The van der Waals surface area contributed by atoms with E-state index in [2.05, 4.69) is 9.80 Å². The number of nitrogens with two attached hydrogens (primary N) is 1. The van der Waals surface area contributed by atoms with Crippen LogP contribution in [0.4, 0.5) is 11.4 Å². The van der Waals surface area contributed by atoms with Gasteiger partial charge in [0, 0.05) is 61.7 Å². The van der Waals surface area contributed by atoms with Crippen LogP contribution in [0, 0.1) is 5.92 Å². The molecule has 0 spiro atoms. The number of benzene rings is 2. The van der Waals surface area contributed by atoms with E-state index >= 15 is 0 Å². The lowest BCUT2D eigenvalue weighted by molar-refractivity contribution is -0.122. The number of morpholine rings is 1. The maximum Gasteiger partial charge on any atom is 0.220 e. The normalized spacial score (nSPS) is 18.1. The summed E-state index contributed by atoms with van der Waals surface area (Å²) >= 11 is 0. The van der Waals surface area contributed by atoms with Crippen molar-refractivity contribution in [2.45, 2.75) is 12.8 Å². The van der Waals surface area contributed by atoms with Gasteiger partial charge in [-0.1, -0.05) is 0 Å². The van der Waals surface area contributed by atoms with E-state index in [0.29, 0.717) is 55.7 Å². The van der Waals surface area contributed by atoms with Crippen molar-refractivity contribution in [1.29, 1.82) is 0 Å². The number of phenolic OH excluding ortho intramolecular Hbond substituents is 1. The third kappa shape index (κ3) is 3.57. The van der Waals surface area contributed by atoms with Gasteiger partial charge < -0.3 is 29.8 Å². The number of aromatic hydroxyl groups is 1.